The van der Waals surface area contributed by atoms with Crippen molar-refractivity contribution in [1.82, 2.24) is 10.3 Å². The fourth-order valence-electron chi connectivity index (χ4n) is 3.44. The molecule has 29 heavy (non-hydrogen) atoms. The molecular formula is C21H24N4O3S. The lowest BCUT2D eigenvalue weighted by atomic mass is 10.1. The number of carbonyl (C=O) groups is 1. The topological polar surface area (TPSA) is 75.7 Å². The standard InChI is InChI=1S/C21H24N4O3S/c1-22-13-14-4-3-5-15(12-14)20(26)24-21-23-18-17(27-2)7-6-16(19(18)29-21)25-8-10-28-11-9-25/h3-7,12,22H,8-11,13H2,1-2H3,(H,23,24,26). The first-order valence-corrected chi connectivity index (χ1v) is 10.4. The first-order valence-electron chi connectivity index (χ1n) is 9.54. The van der Waals surface area contributed by atoms with Gasteiger partial charge in [0.1, 0.15) is 11.3 Å². The van der Waals surface area contributed by atoms with Crippen LogP contribution in [-0.4, -0.2) is 51.4 Å². The van der Waals surface area contributed by atoms with Crippen LogP contribution in [0.15, 0.2) is 36.4 Å². The molecule has 8 heteroatoms. The lowest BCUT2D eigenvalue weighted by molar-refractivity contribution is 0.102. The highest BCUT2D eigenvalue weighted by molar-refractivity contribution is 7.23. The van der Waals surface area contributed by atoms with E-state index < -0.39 is 0 Å². The summed E-state index contributed by atoms with van der Waals surface area (Å²) in [7, 11) is 3.52. The van der Waals surface area contributed by atoms with E-state index >= 15 is 0 Å². The smallest absolute Gasteiger partial charge is 0.257 e. The molecule has 3 aromatic rings. The number of hydrogen-bond acceptors (Lipinski definition) is 7. The molecule has 0 aliphatic carbocycles. The summed E-state index contributed by atoms with van der Waals surface area (Å²) >= 11 is 1.47. The fourth-order valence-corrected chi connectivity index (χ4v) is 4.46. The molecule has 2 N–H and O–H groups in total. The lowest BCUT2D eigenvalue weighted by Gasteiger charge is -2.29. The van der Waals surface area contributed by atoms with Gasteiger partial charge in [0, 0.05) is 25.2 Å². The van der Waals surface area contributed by atoms with Crippen LogP contribution in [0.1, 0.15) is 15.9 Å². The molecule has 0 radical (unpaired) electrons. The van der Waals surface area contributed by atoms with E-state index in [1.165, 1.54) is 11.3 Å². The first kappa shape index (κ1) is 19.6. The van der Waals surface area contributed by atoms with Gasteiger partial charge in [0.25, 0.3) is 5.91 Å². The van der Waals surface area contributed by atoms with Gasteiger partial charge in [-0.25, -0.2) is 4.98 Å². The second kappa shape index (κ2) is 8.77. The van der Waals surface area contributed by atoms with Crippen LogP contribution >= 0.6 is 11.3 Å². The van der Waals surface area contributed by atoms with E-state index in [9.17, 15) is 4.79 Å². The van der Waals surface area contributed by atoms with Crippen LogP contribution in [0.5, 0.6) is 5.75 Å². The Morgan fingerprint density at radius 2 is 2.10 bits per heavy atom. The van der Waals surface area contributed by atoms with Gasteiger partial charge in [-0.05, 0) is 36.9 Å². The van der Waals surface area contributed by atoms with E-state index in [-0.39, 0.29) is 5.91 Å². The Bertz CT molecular complexity index is 1010. The number of carbonyl (C=O) groups excluding carboxylic acids is 1. The molecule has 1 aliphatic heterocycles. The average molecular weight is 413 g/mol. The molecule has 0 bridgehead atoms. The van der Waals surface area contributed by atoms with E-state index in [0.717, 1.165) is 34.6 Å². The molecule has 0 saturated carbocycles. The Kier molecular flexibility index (Phi) is 5.94. The average Bonchev–Trinajstić information content (AvgIpc) is 3.17. The third-order valence-electron chi connectivity index (χ3n) is 4.85. The predicted molar refractivity (Wildman–Crippen MR) is 116 cm³/mol. The van der Waals surface area contributed by atoms with Crippen molar-refractivity contribution < 1.29 is 14.3 Å². The summed E-state index contributed by atoms with van der Waals surface area (Å²) in [6.07, 6.45) is 0. The molecule has 4 rings (SSSR count). The van der Waals surface area contributed by atoms with Gasteiger partial charge in [-0.3, -0.25) is 10.1 Å². The highest BCUT2D eigenvalue weighted by Crippen LogP contribution is 2.39. The minimum Gasteiger partial charge on any atom is -0.494 e. The minimum absolute atomic E-state index is 0.172. The number of morpholine rings is 1. The van der Waals surface area contributed by atoms with Crippen molar-refractivity contribution in [3.8, 4) is 5.75 Å². The van der Waals surface area contributed by atoms with E-state index in [1.807, 2.05) is 37.4 Å². The maximum absolute atomic E-state index is 12.8. The summed E-state index contributed by atoms with van der Waals surface area (Å²) in [4.78, 5) is 19.7. The second-order valence-electron chi connectivity index (χ2n) is 6.77. The van der Waals surface area contributed by atoms with Crippen molar-refractivity contribution in [2.45, 2.75) is 6.54 Å². The molecule has 0 atom stereocenters. The van der Waals surface area contributed by atoms with Gasteiger partial charge in [0.15, 0.2) is 5.13 Å². The molecule has 1 saturated heterocycles. The number of thiazole rings is 1. The van der Waals surface area contributed by atoms with Gasteiger partial charge in [0.2, 0.25) is 0 Å². The van der Waals surface area contributed by atoms with Crippen LogP contribution in [0.25, 0.3) is 10.2 Å². The van der Waals surface area contributed by atoms with Crippen LogP contribution in [0.3, 0.4) is 0 Å². The maximum atomic E-state index is 12.8. The summed E-state index contributed by atoms with van der Waals surface area (Å²) in [5.74, 6) is 0.527. The molecule has 1 fully saturated rings. The van der Waals surface area contributed by atoms with Crippen LogP contribution in [-0.2, 0) is 11.3 Å². The summed E-state index contributed by atoms with van der Waals surface area (Å²) in [6.45, 7) is 3.79. The number of amides is 1. The van der Waals surface area contributed by atoms with Crippen molar-refractivity contribution >= 4 is 38.3 Å². The number of aromatic nitrogens is 1. The lowest BCUT2D eigenvalue weighted by Crippen LogP contribution is -2.36. The Labute approximate surface area is 173 Å². The second-order valence-corrected chi connectivity index (χ2v) is 7.77. The van der Waals surface area contributed by atoms with Crippen LogP contribution in [0.4, 0.5) is 10.8 Å². The molecule has 7 nitrogen and oxygen atoms in total. The minimum atomic E-state index is -0.172. The zero-order chi connectivity index (χ0) is 20.2. The van der Waals surface area contributed by atoms with Crippen LogP contribution in [0.2, 0.25) is 0 Å². The molecule has 1 aliphatic rings. The van der Waals surface area contributed by atoms with E-state index in [2.05, 4.69) is 26.6 Å². The van der Waals surface area contributed by atoms with Gasteiger partial charge < -0.3 is 19.7 Å². The summed E-state index contributed by atoms with van der Waals surface area (Å²) in [5.41, 5.74) is 3.52. The number of methoxy groups -OCH3 is 1. The Morgan fingerprint density at radius 3 is 2.86 bits per heavy atom. The Hall–Kier alpha value is -2.68. The Balaban J connectivity index is 1.64. The van der Waals surface area contributed by atoms with Gasteiger partial charge in [-0.2, -0.15) is 0 Å². The normalized spacial score (nSPS) is 14.2. The number of nitrogens with zero attached hydrogens (tertiary/aromatic N) is 2. The molecule has 152 valence electrons. The number of fused-ring (bicyclic) bond motifs is 1. The molecule has 0 unspecified atom stereocenters. The molecular weight excluding hydrogens is 388 g/mol. The largest absolute Gasteiger partial charge is 0.494 e. The van der Waals surface area contributed by atoms with E-state index in [4.69, 9.17) is 9.47 Å². The summed E-state index contributed by atoms with van der Waals surface area (Å²) in [5, 5.41) is 6.60. The zero-order valence-electron chi connectivity index (χ0n) is 16.5. The zero-order valence-corrected chi connectivity index (χ0v) is 17.3. The van der Waals surface area contributed by atoms with Crippen LogP contribution in [0, 0.1) is 0 Å². The van der Waals surface area contributed by atoms with Crippen molar-refractivity contribution in [1.29, 1.82) is 0 Å². The maximum Gasteiger partial charge on any atom is 0.257 e. The van der Waals surface area contributed by atoms with Crippen molar-refractivity contribution in [3.05, 3.63) is 47.5 Å². The highest BCUT2D eigenvalue weighted by atomic mass is 32.1. The first-order chi connectivity index (χ1) is 14.2. The fraction of sp³-hybridized carbons (Fsp3) is 0.333. The highest BCUT2D eigenvalue weighted by Gasteiger charge is 2.20. The Morgan fingerprint density at radius 1 is 1.28 bits per heavy atom. The molecule has 0 spiro atoms. The molecule has 1 amide bonds. The summed E-state index contributed by atoms with van der Waals surface area (Å²) < 4.78 is 12.0. The van der Waals surface area contributed by atoms with Crippen LogP contribution < -0.4 is 20.3 Å². The third-order valence-corrected chi connectivity index (χ3v) is 5.84. The number of ether oxygens (including phenoxy) is 2. The molecule has 2 aromatic carbocycles. The van der Waals surface area contributed by atoms with Crippen molar-refractivity contribution in [3.63, 3.8) is 0 Å². The quantitative estimate of drug-likeness (QED) is 0.648. The van der Waals surface area contributed by atoms with Gasteiger partial charge >= 0.3 is 0 Å². The SMILES string of the molecule is CNCc1cccc(C(=O)Nc2nc3c(OC)ccc(N4CCOCC4)c3s2)c1. The third kappa shape index (κ3) is 4.19. The van der Waals surface area contributed by atoms with Gasteiger partial charge in [-0.15, -0.1) is 0 Å². The summed E-state index contributed by atoms with van der Waals surface area (Å²) in [6, 6.07) is 11.6. The number of benzene rings is 2. The number of hydrogen-bond donors (Lipinski definition) is 2. The number of nitrogens with one attached hydrogen (secondary N) is 2. The molecule has 2 heterocycles. The van der Waals surface area contributed by atoms with Gasteiger partial charge in [-0.1, -0.05) is 23.5 Å². The van der Waals surface area contributed by atoms with Crippen molar-refractivity contribution in [2.75, 3.05) is 50.7 Å². The number of rotatable bonds is 6. The van der Waals surface area contributed by atoms with Crippen molar-refractivity contribution in [2.24, 2.45) is 0 Å². The van der Waals surface area contributed by atoms with Gasteiger partial charge in [0.05, 0.1) is 30.7 Å². The predicted octanol–water partition coefficient (Wildman–Crippen LogP) is 3.11. The number of anilines is 2. The van der Waals surface area contributed by atoms with E-state index in [1.54, 1.807) is 7.11 Å². The monoisotopic (exact) mass is 412 g/mol. The molecule has 1 aromatic heterocycles. The van der Waals surface area contributed by atoms with E-state index in [0.29, 0.717) is 36.2 Å².